The molecule has 0 bridgehead atoms. The van der Waals surface area contributed by atoms with Crippen LogP contribution in [-0.2, 0) is 4.79 Å². The molecule has 2 N–H and O–H groups in total. The molecule has 0 spiro atoms. The van der Waals surface area contributed by atoms with Crippen molar-refractivity contribution in [2.75, 3.05) is 23.8 Å². The van der Waals surface area contributed by atoms with Crippen LogP contribution in [0.4, 0.5) is 17.1 Å². The molecule has 0 atom stereocenters. The third-order valence-electron chi connectivity index (χ3n) is 3.28. The number of rotatable bonds is 1. The number of benzene rings is 1. The highest BCUT2D eigenvalue weighted by atomic mass is 16.5. The molecule has 0 fully saturated rings. The van der Waals surface area contributed by atoms with Gasteiger partial charge in [-0.15, -0.1) is 0 Å². The maximum atomic E-state index is 11.4. The van der Waals surface area contributed by atoms with Crippen molar-refractivity contribution >= 4 is 28.8 Å². The quantitative estimate of drug-likeness (QED) is 0.840. The van der Waals surface area contributed by atoms with E-state index in [0.29, 0.717) is 29.6 Å². The van der Waals surface area contributed by atoms with Gasteiger partial charge in [0, 0.05) is 11.9 Å². The van der Waals surface area contributed by atoms with Crippen molar-refractivity contribution in [1.82, 2.24) is 4.98 Å². The minimum atomic E-state index is -0.163. The number of hydrogen-bond acceptors (Lipinski definition) is 6. The van der Waals surface area contributed by atoms with E-state index in [1.807, 2.05) is 6.07 Å². The molecule has 110 valence electrons. The number of hydrogen-bond donors (Lipinski definition) is 2. The van der Waals surface area contributed by atoms with Crippen LogP contribution < -0.4 is 20.1 Å². The molecule has 2 aromatic rings. The van der Waals surface area contributed by atoms with Crippen LogP contribution in [0, 0.1) is 0 Å². The number of anilines is 2. The average Bonchev–Trinajstić information content (AvgIpc) is 2.54. The molecule has 2 aliphatic heterocycles. The van der Waals surface area contributed by atoms with Crippen LogP contribution in [0.1, 0.15) is 0 Å². The second-order valence-corrected chi connectivity index (χ2v) is 4.86. The van der Waals surface area contributed by atoms with Crippen molar-refractivity contribution in [3.8, 4) is 11.5 Å². The second-order valence-electron chi connectivity index (χ2n) is 4.86. The maximum absolute atomic E-state index is 11.4. The molecular formula is C15H12N4O3. The van der Waals surface area contributed by atoms with Gasteiger partial charge >= 0.3 is 0 Å². The molecule has 0 aliphatic carbocycles. The molecule has 0 unspecified atom stereocenters. The van der Waals surface area contributed by atoms with Crippen molar-refractivity contribution in [1.29, 1.82) is 0 Å². The molecule has 1 aromatic carbocycles. The largest absolute Gasteiger partial charge is 0.482 e. The Morgan fingerprint density at radius 1 is 1.14 bits per heavy atom. The van der Waals surface area contributed by atoms with Gasteiger partial charge in [-0.1, -0.05) is 0 Å². The third-order valence-corrected chi connectivity index (χ3v) is 3.28. The Labute approximate surface area is 126 Å². The Bertz CT molecular complexity index is 788. The molecule has 22 heavy (non-hydrogen) atoms. The van der Waals surface area contributed by atoms with Gasteiger partial charge in [-0.2, -0.15) is 0 Å². The fourth-order valence-electron chi connectivity index (χ4n) is 2.29. The molecular weight excluding hydrogens is 284 g/mol. The highest BCUT2D eigenvalue weighted by Crippen LogP contribution is 2.32. The number of nitrogens with one attached hydrogen (secondary N) is 2. The number of nitrogens with zero attached hydrogens (tertiary/aromatic N) is 2. The van der Waals surface area contributed by atoms with E-state index in [9.17, 15) is 4.79 Å². The molecule has 3 heterocycles. The number of amides is 1. The monoisotopic (exact) mass is 296 g/mol. The lowest BCUT2D eigenvalue weighted by molar-refractivity contribution is -0.118. The molecule has 2 aliphatic rings. The molecule has 4 rings (SSSR count). The summed E-state index contributed by atoms with van der Waals surface area (Å²) in [6.07, 6.45) is 3.31. The van der Waals surface area contributed by atoms with Gasteiger partial charge in [-0.25, -0.2) is 4.99 Å². The summed E-state index contributed by atoms with van der Waals surface area (Å²) in [6.45, 7) is 0.379. The van der Waals surface area contributed by atoms with Crippen LogP contribution in [0.2, 0.25) is 0 Å². The zero-order chi connectivity index (χ0) is 14.9. The molecule has 7 nitrogen and oxygen atoms in total. The number of carbonyl (C=O) groups is 1. The summed E-state index contributed by atoms with van der Waals surface area (Å²) in [7, 11) is 0. The fraction of sp³-hybridized carbons (Fsp3) is 0.133. The van der Waals surface area contributed by atoms with E-state index in [-0.39, 0.29) is 12.5 Å². The van der Waals surface area contributed by atoms with Crippen LogP contribution in [0.25, 0.3) is 0 Å². The first kappa shape index (κ1) is 12.6. The van der Waals surface area contributed by atoms with Gasteiger partial charge in [-0.05, 0) is 24.3 Å². The van der Waals surface area contributed by atoms with Crippen LogP contribution in [0.3, 0.4) is 0 Å². The Balaban J connectivity index is 1.58. The standard InChI is InChI=1S/C15H12N4O3/c20-15-8-22-12-2-1-9(5-11(12)19-15)17-14-7-21-13-6-16-4-3-10(13)18-14/h1-6H,7-8H2,(H,17,18)(H,19,20). The lowest BCUT2D eigenvalue weighted by atomic mass is 10.2. The third kappa shape index (κ3) is 2.32. The number of fused-ring (bicyclic) bond motifs is 2. The van der Waals surface area contributed by atoms with Crippen molar-refractivity contribution in [3.63, 3.8) is 0 Å². The predicted octanol–water partition coefficient (Wildman–Crippen LogP) is 1.95. The van der Waals surface area contributed by atoms with Gasteiger partial charge in [-0.3, -0.25) is 9.78 Å². The number of amidine groups is 1. The number of ether oxygens (including phenoxy) is 2. The highest BCUT2D eigenvalue weighted by molar-refractivity contribution is 6.01. The Hall–Kier alpha value is -3.09. The first-order chi connectivity index (χ1) is 10.8. The first-order valence-electron chi connectivity index (χ1n) is 6.76. The van der Waals surface area contributed by atoms with E-state index in [4.69, 9.17) is 9.47 Å². The van der Waals surface area contributed by atoms with Gasteiger partial charge in [0.05, 0.1) is 11.9 Å². The van der Waals surface area contributed by atoms with Crippen LogP contribution >= 0.6 is 0 Å². The number of pyridine rings is 1. The minimum absolute atomic E-state index is 0.0468. The van der Waals surface area contributed by atoms with Crippen molar-refractivity contribution in [2.24, 2.45) is 4.99 Å². The molecule has 0 saturated carbocycles. The zero-order valence-corrected chi connectivity index (χ0v) is 11.5. The number of aliphatic imine (C=N–C) groups is 1. The van der Waals surface area contributed by atoms with Crippen LogP contribution in [-0.4, -0.2) is 29.9 Å². The zero-order valence-electron chi connectivity index (χ0n) is 11.5. The van der Waals surface area contributed by atoms with Crippen molar-refractivity contribution in [3.05, 3.63) is 36.7 Å². The molecule has 0 saturated heterocycles. The molecule has 0 radical (unpaired) electrons. The van der Waals surface area contributed by atoms with Gasteiger partial charge in [0.25, 0.3) is 5.91 Å². The topological polar surface area (TPSA) is 84.8 Å². The Morgan fingerprint density at radius 3 is 3.00 bits per heavy atom. The summed E-state index contributed by atoms with van der Waals surface area (Å²) in [6, 6.07) is 7.26. The number of aromatic nitrogens is 1. The summed E-state index contributed by atoms with van der Waals surface area (Å²) in [4.78, 5) is 19.8. The van der Waals surface area contributed by atoms with Crippen molar-refractivity contribution < 1.29 is 14.3 Å². The summed E-state index contributed by atoms with van der Waals surface area (Å²) in [5.74, 6) is 1.84. The normalized spacial score (nSPS) is 15.5. The van der Waals surface area contributed by atoms with E-state index < -0.39 is 0 Å². The van der Waals surface area contributed by atoms with Gasteiger partial charge < -0.3 is 20.1 Å². The summed E-state index contributed by atoms with van der Waals surface area (Å²) in [5, 5.41) is 5.95. The smallest absolute Gasteiger partial charge is 0.262 e. The second kappa shape index (κ2) is 5.03. The SMILES string of the molecule is O=C1COc2ccc(NC3=Nc4ccncc4OC3)cc2N1. The first-order valence-corrected chi connectivity index (χ1v) is 6.76. The molecule has 1 aromatic heterocycles. The average molecular weight is 296 g/mol. The maximum Gasteiger partial charge on any atom is 0.262 e. The van der Waals surface area contributed by atoms with Crippen LogP contribution in [0.15, 0.2) is 41.7 Å². The Morgan fingerprint density at radius 2 is 2.05 bits per heavy atom. The summed E-state index contributed by atoms with van der Waals surface area (Å²) in [5.41, 5.74) is 2.17. The Kier molecular flexibility index (Phi) is 2.89. The van der Waals surface area contributed by atoms with Gasteiger partial charge in [0.15, 0.2) is 12.4 Å². The lowest BCUT2D eigenvalue weighted by Crippen LogP contribution is -2.26. The van der Waals surface area contributed by atoms with E-state index in [1.165, 1.54) is 0 Å². The van der Waals surface area contributed by atoms with E-state index in [0.717, 1.165) is 11.4 Å². The van der Waals surface area contributed by atoms with Gasteiger partial charge in [0.2, 0.25) is 0 Å². The molecule has 7 heteroatoms. The number of carbonyl (C=O) groups excluding carboxylic acids is 1. The fourth-order valence-corrected chi connectivity index (χ4v) is 2.29. The van der Waals surface area contributed by atoms with Gasteiger partial charge in [0.1, 0.15) is 23.9 Å². The van der Waals surface area contributed by atoms with Crippen molar-refractivity contribution in [2.45, 2.75) is 0 Å². The summed E-state index contributed by atoms with van der Waals surface area (Å²) >= 11 is 0. The van der Waals surface area contributed by atoms with E-state index in [2.05, 4.69) is 20.6 Å². The molecule has 1 amide bonds. The highest BCUT2D eigenvalue weighted by Gasteiger charge is 2.17. The lowest BCUT2D eigenvalue weighted by Gasteiger charge is -2.20. The summed E-state index contributed by atoms with van der Waals surface area (Å²) < 4.78 is 10.9. The van der Waals surface area contributed by atoms with Crippen LogP contribution in [0.5, 0.6) is 11.5 Å². The van der Waals surface area contributed by atoms with E-state index in [1.54, 1.807) is 30.6 Å². The minimum Gasteiger partial charge on any atom is -0.482 e. The van der Waals surface area contributed by atoms with E-state index >= 15 is 0 Å². The predicted molar refractivity (Wildman–Crippen MR) is 81.0 cm³/mol.